The molecule has 0 heterocycles. The van der Waals surface area contributed by atoms with Crippen LogP contribution in [0.5, 0.6) is 0 Å². The highest BCUT2D eigenvalue weighted by molar-refractivity contribution is 7.48. The quantitative estimate of drug-likeness (QED) is 0.456. The molecule has 46 valence electrons. The average Bonchev–Trinajstić information content (AvgIpc) is 1.66. The summed E-state index contributed by atoms with van der Waals surface area (Å²) in [5.74, 6) is 0. The Bertz CT molecular complexity index is 88.5. The normalized spacial score (nSPS) is 12.6. The van der Waals surface area contributed by atoms with Crippen molar-refractivity contribution in [2.75, 3.05) is 13.3 Å². The van der Waals surface area contributed by atoms with Crippen molar-refractivity contribution in [1.29, 1.82) is 5.26 Å². The fraction of sp³-hybridized carbons (Fsp3) is 0.750. The molecule has 0 aromatic rings. The van der Waals surface area contributed by atoms with E-state index in [0.29, 0.717) is 13.0 Å². The first-order valence-electron chi connectivity index (χ1n) is 2.25. The molecule has 0 aliphatic rings. The zero-order valence-electron chi connectivity index (χ0n) is 4.79. The van der Waals surface area contributed by atoms with Crippen LogP contribution in [0.25, 0.3) is 0 Å². The molecule has 0 spiro atoms. The Morgan fingerprint density at radius 2 is 2.50 bits per heavy atom. The predicted molar refractivity (Wildman–Crippen MR) is 33.2 cm³/mol. The van der Waals surface area contributed by atoms with E-state index in [0.717, 1.165) is 0 Å². The summed E-state index contributed by atoms with van der Waals surface area (Å²) in [5, 5.41) is 8.02. The van der Waals surface area contributed by atoms with E-state index >= 15 is 0 Å². The van der Waals surface area contributed by atoms with Crippen molar-refractivity contribution < 1.29 is 4.52 Å². The van der Waals surface area contributed by atoms with E-state index in [2.05, 4.69) is 0 Å². The molecule has 4 heteroatoms. The highest BCUT2D eigenvalue weighted by atomic mass is 31.2. The van der Waals surface area contributed by atoms with Gasteiger partial charge in [-0.15, -0.1) is 0 Å². The number of rotatable bonds is 3. The van der Waals surface area contributed by atoms with Gasteiger partial charge >= 0.3 is 0 Å². The SMILES string of the molecule is CP(N)OCCC#N. The van der Waals surface area contributed by atoms with Crippen LogP contribution in [0.1, 0.15) is 6.42 Å². The first-order chi connectivity index (χ1) is 3.77. The summed E-state index contributed by atoms with van der Waals surface area (Å²) in [6.07, 6.45) is 0.434. The number of nitriles is 1. The van der Waals surface area contributed by atoms with Crippen LogP contribution in [0.15, 0.2) is 0 Å². The van der Waals surface area contributed by atoms with E-state index < -0.39 is 8.30 Å². The van der Waals surface area contributed by atoms with Crippen molar-refractivity contribution in [3.63, 3.8) is 0 Å². The summed E-state index contributed by atoms with van der Waals surface area (Å²) in [4.78, 5) is 0. The molecule has 0 bridgehead atoms. The van der Waals surface area contributed by atoms with Crippen LogP contribution in [0.4, 0.5) is 0 Å². The highest BCUT2D eigenvalue weighted by Crippen LogP contribution is 2.19. The van der Waals surface area contributed by atoms with E-state index in [1.54, 1.807) is 6.66 Å². The van der Waals surface area contributed by atoms with Gasteiger partial charge in [0.15, 0.2) is 0 Å². The van der Waals surface area contributed by atoms with Gasteiger partial charge in [0.2, 0.25) is 0 Å². The molecule has 0 rings (SSSR count). The van der Waals surface area contributed by atoms with Crippen molar-refractivity contribution in [3.05, 3.63) is 0 Å². The molecule has 0 aromatic carbocycles. The van der Waals surface area contributed by atoms with E-state index in [9.17, 15) is 0 Å². The first-order valence-corrected chi connectivity index (χ1v) is 4.03. The predicted octanol–water partition coefficient (Wildman–Crippen LogP) is 0.817. The minimum atomic E-state index is -0.763. The number of nitrogens with two attached hydrogens (primary N) is 1. The van der Waals surface area contributed by atoms with Crippen LogP contribution in [0.2, 0.25) is 0 Å². The Balaban J connectivity index is 2.85. The summed E-state index contributed by atoms with van der Waals surface area (Å²) < 4.78 is 4.90. The van der Waals surface area contributed by atoms with Gasteiger partial charge in [0, 0.05) is 0 Å². The molecule has 8 heavy (non-hydrogen) atoms. The zero-order chi connectivity index (χ0) is 6.41. The van der Waals surface area contributed by atoms with Crippen molar-refractivity contribution in [2.24, 2.45) is 5.50 Å². The van der Waals surface area contributed by atoms with Gasteiger partial charge in [0.1, 0.15) is 0 Å². The molecule has 0 saturated carbocycles. The lowest BCUT2D eigenvalue weighted by Crippen LogP contribution is -1.92. The lowest BCUT2D eigenvalue weighted by molar-refractivity contribution is 0.365. The maximum atomic E-state index is 8.02. The molecule has 0 aliphatic heterocycles. The molecule has 0 amide bonds. The lowest BCUT2D eigenvalue weighted by Gasteiger charge is -2.01. The number of hydrogen-bond acceptors (Lipinski definition) is 3. The third-order valence-corrected chi connectivity index (χ3v) is 1.10. The summed E-state index contributed by atoms with van der Waals surface area (Å²) in [5.41, 5.74) is 5.27. The smallest absolute Gasteiger partial charge is 0.0951 e. The molecular formula is C4H9N2OP. The van der Waals surface area contributed by atoms with Gasteiger partial charge in [0.25, 0.3) is 0 Å². The van der Waals surface area contributed by atoms with E-state index in [1.807, 2.05) is 6.07 Å². The Labute approximate surface area is 50.3 Å². The second-order valence-corrected chi connectivity index (χ2v) is 2.64. The number of nitrogens with zero attached hydrogens (tertiary/aromatic N) is 1. The monoisotopic (exact) mass is 132 g/mol. The summed E-state index contributed by atoms with van der Waals surface area (Å²) in [6, 6.07) is 1.95. The van der Waals surface area contributed by atoms with Gasteiger partial charge < -0.3 is 4.52 Å². The molecule has 1 atom stereocenters. The van der Waals surface area contributed by atoms with Crippen LogP contribution in [0.3, 0.4) is 0 Å². The van der Waals surface area contributed by atoms with Gasteiger partial charge in [-0.3, -0.25) is 5.50 Å². The van der Waals surface area contributed by atoms with E-state index in [1.165, 1.54) is 0 Å². The molecule has 0 saturated heterocycles. The largest absolute Gasteiger partial charge is 0.343 e. The maximum absolute atomic E-state index is 8.02. The van der Waals surface area contributed by atoms with Gasteiger partial charge in [-0.1, -0.05) is 0 Å². The van der Waals surface area contributed by atoms with E-state index in [-0.39, 0.29) is 0 Å². The van der Waals surface area contributed by atoms with Crippen LogP contribution < -0.4 is 5.50 Å². The van der Waals surface area contributed by atoms with Crippen LogP contribution in [-0.4, -0.2) is 13.3 Å². The van der Waals surface area contributed by atoms with Crippen molar-refractivity contribution in [3.8, 4) is 6.07 Å². The third-order valence-electron chi connectivity index (χ3n) is 0.509. The minimum Gasteiger partial charge on any atom is -0.343 e. The van der Waals surface area contributed by atoms with Gasteiger partial charge in [-0.05, 0) is 6.66 Å². The topological polar surface area (TPSA) is 59.0 Å². The first kappa shape index (κ1) is 7.84. The summed E-state index contributed by atoms with van der Waals surface area (Å²) in [6.45, 7) is 2.27. The molecule has 0 aromatic heterocycles. The Kier molecular flexibility index (Phi) is 4.89. The van der Waals surface area contributed by atoms with Crippen molar-refractivity contribution in [2.45, 2.75) is 6.42 Å². The fourth-order valence-corrected chi connectivity index (χ4v) is 0.615. The molecular weight excluding hydrogens is 123 g/mol. The molecule has 2 N–H and O–H groups in total. The van der Waals surface area contributed by atoms with Crippen LogP contribution in [-0.2, 0) is 4.52 Å². The summed E-state index contributed by atoms with van der Waals surface area (Å²) >= 11 is 0. The van der Waals surface area contributed by atoms with Crippen molar-refractivity contribution >= 4 is 8.30 Å². The standard InChI is InChI=1S/C4H9N2OP/c1-8(6)7-4-2-3-5/h2,4,6H2,1H3. The molecule has 0 aliphatic carbocycles. The maximum Gasteiger partial charge on any atom is 0.0951 e. The fourth-order valence-electron chi connectivity index (χ4n) is 0.235. The van der Waals surface area contributed by atoms with Gasteiger partial charge in [-0.25, -0.2) is 0 Å². The molecule has 0 radical (unpaired) electrons. The number of hydrogen-bond donors (Lipinski definition) is 1. The third kappa shape index (κ3) is 5.84. The molecule has 1 unspecified atom stereocenters. The second-order valence-electron chi connectivity index (χ2n) is 1.29. The highest BCUT2D eigenvalue weighted by Gasteiger charge is 1.89. The van der Waals surface area contributed by atoms with Gasteiger partial charge in [0.05, 0.1) is 27.4 Å². The molecule has 0 fully saturated rings. The average molecular weight is 132 g/mol. The second kappa shape index (κ2) is 4.99. The Morgan fingerprint density at radius 1 is 1.88 bits per heavy atom. The Morgan fingerprint density at radius 3 is 2.88 bits per heavy atom. The lowest BCUT2D eigenvalue weighted by atomic mass is 10.5. The molecule has 3 nitrogen and oxygen atoms in total. The van der Waals surface area contributed by atoms with Crippen molar-refractivity contribution in [1.82, 2.24) is 0 Å². The van der Waals surface area contributed by atoms with Crippen LogP contribution >= 0.6 is 8.30 Å². The Hall–Kier alpha value is -0.160. The summed E-state index contributed by atoms with van der Waals surface area (Å²) in [7, 11) is -0.763. The minimum absolute atomic E-state index is 0.434. The van der Waals surface area contributed by atoms with Crippen LogP contribution in [0, 0.1) is 11.3 Å². The zero-order valence-corrected chi connectivity index (χ0v) is 5.69. The van der Waals surface area contributed by atoms with Gasteiger partial charge in [-0.2, -0.15) is 5.26 Å². The van der Waals surface area contributed by atoms with E-state index in [4.69, 9.17) is 15.3 Å².